The number of unbranched alkanes of at least 4 members (excludes halogenated alkanes) is 2. The molecule has 0 rings (SSSR count). The maximum absolute atomic E-state index is 5.58. The third-order valence-electron chi connectivity index (χ3n) is 2.64. The Hall–Kier alpha value is -0.160. The van der Waals surface area contributed by atoms with Gasteiger partial charge in [0.25, 0.3) is 0 Å². The van der Waals surface area contributed by atoms with Gasteiger partial charge in [0.2, 0.25) is 0 Å². The van der Waals surface area contributed by atoms with E-state index in [1.165, 1.54) is 12.8 Å². The largest absolute Gasteiger partial charge is 0.379 e. The molecule has 0 saturated carbocycles. The van der Waals surface area contributed by atoms with Crippen LogP contribution in [0.3, 0.4) is 0 Å². The van der Waals surface area contributed by atoms with Crippen molar-refractivity contribution < 1.29 is 18.9 Å². The first-order chi connectivity index (χ1) is 9.31. The smallest absolute Gasteiger partial charge is 0.0781 e. The van der Waals surface area contributed by atoms with Crippen LogP contribution in [0.5, 0.6) is 0 Å². The highest BCUT2D eigenvalue weighted by Crippen LogP contribution is 1.94. The van der Waals surface area contributed by atoms with E-state index in [0.717, 1.165) is 26.1 Å². The van der Waals surface area contributed by atoms with Crippen molar-refractivity contribution in [3.8, 4) is 0 Å². The molecule has 0 heterocycles. The minimum absolute atomic E-state index is 0.116. The summed E-state index contributed by atoms with van der Waals surface area (Å²) in [6, 6.07) is 0. The minimum atomic E-state index is 0.116. The molecule has 0 aliphatic carbocycles. The van der Waals surface area contributed by atoms with Gasteiger partial charge in [-0.3, -0.25) is 0 Å². The summed E-state index contributed by atoms with van der Waals surface area (Å²) in [4.78, 5) is 0. The van der Waals surface area contributed by atoms with Gasteiger partial charge in [0.05, 0.1) is 39.1 Å². The highest BCUT2D eigenvalue weighted by Gasteiger charge is 2.02. The topological polar surface area (TPSA) is 36.9 Å². The van der Waals surface area contributed by atoms with Crippen LogP contribution in [0, 0.1) is 0 Å². The Morgan fingerprint density at radius 3 is 1.79 bits per heavy atom. The molecule has 0 fully saturated rings. The maximum atomic E-state index is 5.58. The summed E-state index contributed by atoms with van der Waals surface area (Å²) in [5, 5.41) is 0. The fourth-order valence-electron chi connectivity index (χ4n) is 1.42. The molecule has 116 valence electrons. The molecule has 0 aliphatic heterocycles. The van der Waals surface area contributed by atoms with Crippen molar-refractivity contribution in [2.24, 2.45) is 0 Å². The molecule has 0 amide bonds. The minimum Gasteiger partial charge on any atom is -0.379 e. The van der Waals surface area contributed by atoms with Crippen molar-refractivity contribution in [2.45, 2.75) is 52.6 Å². The van der Waals surface area contributed by atoms with E-state index in [1.807, 2.05) is 6.92 Å². The Bertz CT molecular complexity index is 164. The highest BCUT2D eigenvalue weighted by atomic mass is 16.6. The van der Waals surface area contributed by atoms with Gasteiger partial charge < -0.3 is 18.9 Å². The molecular weight excluding hydrogens is 244 g/mol. The molecule has 4 heteroatoms. The van der Waals surface area contributed by atoms with Gasteiger partial charge in [-0.15, -0.1) is 0 Å². The van der Waals surface area contributed by atoms with Crippen LogP contribution in [-0.4, -0.2) is 52.4 Å². The van der Waals surface area contributed by atoms with Crippen LogP contribution < -0.4 is 0 Å². The van der Waals surface area contributed by atoms with Crippen LogP contribution in [0.2, 0.25) is 0 Å². The standard InChI is InChI=1S/C15H32O4/c1-4-6-8-16-10-11-18-14-15(3)19-13-12-17-9-7-5-2/h15H,4-14H2,1-3H3. The number of ether oxygens (including phenoxy) is 4. The summed E-state index contributed by atoms with van der Waals surface area (Å²) in [6.07, 6.45) is 4.71. The van der Waals surface area contributed by atoms with Gasteiger partial charge in [0.1, 0.15) is 0 Å². The fraction of sp³-hybridized carbons (Fsp3) is 1.00. The van der Waals surface area contributed by atoms with Gasteiger partial charge in [-0.1, -0.05) is 26.7 Å². The van der Waals surface area contributed by atoms with E-state index < -0.39 is 0 Å². The molecule has 4 nitrogen and oxygen atoms in total. The van der Waals surface area contributed by atoms with E-state index in [0.29, 0.717) is 33.0 Å². The Morgan fingerprint density at radius 2 is 1.21 bits per heavy atom. The fourth-order valence-corrected chi connectivity index (χ4v) is 1.42. The van der Waals surface area contributed by atoms with E-state index >= 15 is 0 Å². The van der Waals surface area contributed by atoms with Crippen LogP contribution in [0.25, 0.3) is 0 Å². The summed E-state index contributed by atoms with van der Waals surface area (Å²) in [5.41, 5.74) is 0. The van der Waals surface area contributed by atoms with Gasteiger partial charge in [-0.2, -0.15) is 0 Å². The van der Waals surface area contributed by atoms with Gasteiger partial charge in [0.15, 0.2) is 0 Å². The lowest BCUT2D eigenvalue weighted by Crippen LogP contribution is -2.20. The van der Waals surface area contributed by atoms with Crippen molar-refractivity contribution in [3.05, 3.63) is 0 Å². The summed E-state index contributed by atoms with van der Waals surface area (Å²) in [6.45, 7) is 11.2. The highest BCUT2D eigenvalue weighted by molar-refractivity contribution is 4.47. The van der Waals surface area contributed by atoms with Crippen LogP contribution in [0.15, 0.2) is 0 Å². The lowest BCUT2D eigenvalue weighted by Gasteiger charge is -2.13. The molecule has 0 saturated heterocycles. The summed E-state index contributed by atoms with van der Waals surface area (Å²) in [7, 11) is 0. The lowest BCUT2D eigenvalue weighted by atomic mass is 10.4. The molecule has 0 aromatic carbocycles. The van der Waals surface area contributed by atoms with Crippen molar-refractivity contribution in [1.29, 1.82) is 0 Å². The SMILES string of the molecule is CCCCOCCOCC(C)OCCOCCCC. The predicted molar refractivity (Wildman–Crippen MR) is 77.7 cm³/mol. The average Bonchev–Trinajstić information content (AvgIpc) is 2.41. The van der Waals surface area contributed by atoms with E-state index in [-0.39, 0.29) is 6.10 Å². The molecule has 1 atom stereocenters. The average molecular weight is 276 g/mol. The number of hydrogen-bond acceptors (Lipinski definition) is 4. The first kappa shape index (κ1) is 18.8. The molecular formula is C15H32O4. The second-order valence-corrected chi connectivity index (χ2v) is 4.69. The molecule has 0 spiro atoms. The Labute approximate surface area is 118 Å². The summed E-state index contributed by atoms with van der Waals surface area (Å²) < 4.78 is 21.9. The third-order valence-corrected chi connectivity index (χ3v) is 2.64. The van der Waals surface area contributed by atoms with Crippen LogP contribution in [0.1, 0.15) is 46.5 Å². The predicted octanol–water partition coefficient (Wildman–Crippen LogP) is 3.04. The van der Waals surface area contributed by atoms with Crippen molar-refractivity contribution in [1.82, 2.24) is 0 Å². The van der Waals surface area contributed by atoms with E-state index in [9.17, 15) is 0 Å². The molecule has 0 N–H and O–H groups in total. The van der Waals surface area contributed by atoms with Crippen LogP contribution >= 0.6 is 0 Å². The Balaban J connectivity index is 3.10. The normalized spacial score (nSPS) is 12.8. The molecule has 0 aromatic heterocycles. The monoisotopic (exact) mass is 276 g/mol. The molecule has 1 unspecified atom stereocenters. The first-order valence-electron chi connectivity index (χ1n) is 7.66. The quantitative estimate of drug-likeness (QED) is 0.431. The Morgan fingerprint density at radius 1 is 0.684 bits per heavy atom. The van der Waals surface area contributed by atoms with E-state index in [1.54, 1.807) is 0 Å². The van der Waals surface area contributed by atoms with Crippen molar-refractivity contribution >= 4 is 0 Å². The third kappa shape index (κ3) is 15.8. The zero-order chi connectivity index (χ0) is 14.2. The van der Waals surface area contributed by atoms with E-state index in [2.05, 4.69) is 13.8 Å². The Kier molecular flexibility index (Phi) is 15.8. The zero-order valence-corrected chi connectivity index (χ0v) is 13.0. The van der Waals surface area contributed by atoms with Crippen molar-refractivity contribution in [3.63, 3.8) is 0 Å². The first-order valence-corrected chi connectivity index (χ1v) is 7.66. The van der Waals surface area contributed by atoms with Crippen LogP contribution in [0.4, 0.5) is 0 Å². The number of rotatable bonds is 15. The van der Waals surface area contributed by atoms with E-state index in [4.69, 9.17) is 18.9 Å². The molecule has 19 heavy (non-hydrogen) atoms. The summed E-state index contributed by atoms with van der Waals surface area (Å²) >= 11 is 0. The van der Waals surface area contributed by atoms with Crippen LogP contribution in [-0.2, 0) is 18.9 Å². The van der Waals surface area contributed by atoms with Gasteiger partial charge >= 0.3 is 0 Å². The maximum Gasteiger partial charge on any atom is 0.0781 e. The summed E-state index contributed by atoms with van der Waals surface area (Å²) in [5.74, 6) is 0. The van der Waals surface area contributed by atoms with Gasteiger partial charge in [-0.05, 0) is 19.8 Å². The molecule has 0 aliphatic rings. The van der Waals surface area contributed by atoms with Gasteiger partial charge in [0, 0.05) is 13.2 Å². The van der Waals surface area contributed by atoms with Gasteiger partial charge in [-0.25, -0.2) is 0 Å². The second-order valence-electron chi connectivity index (χ2n) is 4.69. The lowest BCUT2D eigenvalue weighted by molar-refractivity contribution is -0.0400. The molecule has 0 bridgehead atoms. The molecule has 0 aromatic rings. The zero-order valence-electron chi connectivity index (χ0n) is 13.0. The molecule has 0 radical (unpaired) electrons. The number of hydrogen-bond donors (Lipinski definition) is 0. The second kappa shape index (κ2) is 15.9. The van der Waals surface area contributed by atoms with Crippen molar-refractivity contribution in [2.75, 3.05) is 46.2 Å².